The van der Waals surface area contributed by atoms with E-state index in [1.807, 2.05) is 60.7 Å². The van der Waals surface area contributed by atoms with Crippen LogP contribution in [0.4, 0.5) is 5.69 Å². The summed E-state index contributed by atoms with van der Waals surface area (Å²) in [6.07, 6.45) is 3.50. The van der Waals surface area contributed by atoms with Gasteiger partial charge in [0.15, 0.2) is 0 Å². The van der Waals surface area contributed by atoms with E-state index < -0.39 is 0 Å². The fourth-order valence-corrected chi connectivity index (χ4v) is 2.17. The van der Waals surface area contributed by atoms with Gasteiger partial charge in [0.05, 0.1) is 11.9 Å². The third-order valence-electron chi connectivity index (χ3n) is 3.40. The Morgan fingerprint density at radius 1 is 1.00 bits per heavy atom. The van der Waals surface area contributed by atoms with Crippen LogP contribution in [0.1, 0.15) is 11.1 Å². The second-order valence-electron chi connectivity index (χ2n) is 5.29. The molecule has 1 heterocycles. The standard InChI is InChI=1S/C20H18N2O/c1-15-8-10-19(11-9-15)23-20-7-3-5-17(13-20)16(2)22-18-6-4-12-21-14-18/h3-14,22H,2H2,1H3. The molecule has 0 bridgehead atoms. The van der Waals surface area contributed by atoms with Gasteiger partial charge in [-0.15, -0.1) is 0 Å². The first kappa shape index (κ1) is 14.9. The van der Waals surface area contributed by atoms with E-state index >= 15 is 0 Å². The number of aryl methyl sites for hydroxylation is 1. The van der Waals surface area contributed by atoms with Crippen LogP contribution in [0.15, 0.2) is 79.6 Å². The molecule has 2 aromatic carbocycles. The number of ether oxygens (including phenoxy) is 1. The topological polar surface area (TPSA) is 34.2 Å². The number of hydrogen-bond donors (Lipinski definition) is 1. The SMILES string of the molecule is C=C(Nc1cccnc1)c1cccc(Oc2ccc(C)cc2)c1. The molecule has 0 radical (unpaired) electrons. The highest BCUT2D eigenvalue weighted by Crippen LogP contribution is 2.25. The molecule has 0 saturated carbocycles. The molecule has 3 heteroatoms. The second-order valence-corrected chi connectivity index (χ2v) is 5.29. The summed E-state index contributed by atoms with van der Waals surface area (Å²) in [6, 6.07) is 19.7. The molecule has 1 aromatic heterocycles. The molecule has 114 valence electrons. The summed E-state index contributed by atoms with van der Waals surface area (Å²) in [6.45, 7) is 6.14. The predicted octanol–water partition coefficient (Wildman–Crippen LogP) is 5.27. The Bertz CT molecular complexity index is 795. The molecule has 0 aliphatic rings. The fraction of sp³-hybridized carbons (Fsp3) is 0.0500. The smallest absolute Gasteiger partial charge is 0.128 e. The predicted molar refractivity (Wildman–Crippen MR) is 94.6 cm³/mol. The molecule has 0 saturated heterocycles. The van der Waals surface area contributed by atoms with Crippen LogP contribution in [0.5, 0.6) is 11.5 Å². The van der Waals surface area contributed by atoms with Crippen molar-refractivity contribution in [2.24, 2.45) is 0 Å². The van der Waals surface area contributed by atoms with Crippen molar-refractivity contribution in [2.45, 2.75) is 6.92 Å². The largest absolute Gasteiger partial charge is 0.457 e. The number of benzene rings is 2. The monoisotopic (exact) mass is 302 g/mol. The normalized spacial score (nSPS) is 10.1. The summed E-state index contributed by atoms with van der Waals surface area (Å²) in [5, 5.41) is 3.24. The molecule has 3 rings (SSSR count). The first-order valence-electron chi connectivity index (χ1n) is 7.41. The Hall–Kier alpha value is -3.07. The van der Waals surface area contributed by atoms with E-state index in [1.165, 1.54) is 5.56 Å². The van der Waals surface area contributed by atoms with E-state index in [2.05, 4.69) is 23.8 Å². The first-order valence-corrected chi connectivity index (χ1v) is 7.41. The van der Waals surface area contributed by atoms with Gasteiger partial charge >= 0.3 is 0 Å². The average molecular weight is 302 g/mol. The fourth-order valence-electron chi connectivity index (χ4n) is 2.17. The third-order valence-corrected chi connectivity index (χ3v) is 3.40. The van der Waals surface area contributed by atoms with Gasteiger partial charge in [-0.3, -0.25) is 4.98 Å². The van der Waals surface area contributed by atoms with Crippen molar-refractivity contribution in [3.05, 3.63) is 90.8 Å². The lowest BCUT2D eigenvalue weighted by Gasteiger charge is -2.11. The van der Waals surface area contributed by atoms with Gasteiger partial charge in [-0.1, -0.05) is 36.4 Å². The Kier molecular flexibility index (Phi) is 4.39. The number of nitrogens with one attached hydrogen (secondary N) is 1. The van der Waals surface area contributed by atoms with Crippen molar-refractivity contribution in [3.63, 3.8) is 0 Å². The Balaban J connectivity index is 1.74. The maximum atomic E-state index is 5.89. The van der Waals surface area contributed by atoms with Gasteiger partial charge in [-0.05, 0) is 43.3 Å². The van der Waals surface area contributed by atoms with E-state index in [-0.39, 0.29) is 0 Å². The maximum absolute atomic E-state index is 5.89. The minimum absolute atomic E-state index is 0.778. The molecule has 0 atom stereocenters. The van der Waals surface area contributed by atoms with Crippen LogP contribution in [0.2, 0.25) is 0 Å². The quantitative estimate of drug-likeness (QED) is 0.697. The van der Waals surface area contributed by atoms with Crippen LogP contribution in [0, 0.1) is 6.92 Å². The zero-order valence-electron chi connectivity index (χ0n) is 13.0. The van der Waals surface area contributed by atoms with Gasteiger partial charge in [0.2, 0.25) is 0 Å². The lowest BCUT2D eigenvalue weighted by Crippen LogP contribution is -1.97. The van der Waals surface area contributed by atoms with Crippen LogP contribution in [0.3, 0.4) is 0 Å². The second kappa shape index (κ2) is 6.79. The van der Waals surface area contributed by atoms with Gasteiger partial charge in [0.25, 0.3) is 0 Å². The summed E-state index contributed by atoms with van der Waals surface area (Å²) in [4.78, 5) is 4.08. The van der Waals surface area contributed by atoms with Gasteiger partial charge in [0.1, 0.15) is 11.5 Å². The van der Waals surface area contributed by atoms with Crippen molar-refractivity contribution in [1.29, 1.82) is 0 Å². The number of aromatic nitrogens is 1. The number of nitrogens with zero attached hydrogens (tertiary/aromatic N) is 1. The molecular weight excluding hydrogens is 284 g/mol. The van der Waals surface area contributed by atoms with Gasteiger partial charge in [0, 0.05) is 17.5 Å². The zero-order chi connectivity index (χ0) is 16.1. The maximum Gasteiger partial charge on any atom is 0.128 e. The average Bonchev–Trinajstić information content (AvgIpc) is 2.58. The number of anilines is 1. The summed E-state index contributed by atoms with van der Waals surface area (Å²) in [7, 11) is 0. The lowest BCUT2D eigenvalue weighted by molar-refractivity contribution is 0.482. The van der Waals surface area contributed by atoms with Crippen LogP contribution in [0.25, 0.3) is 5.70 Å². The van der Waals surface area contributed by atoms with Crippen molar-refractivity contribution >= 4 is 11.4 Å². The highest BCUT2D eigenvalue weighted by atomic mass is 16.5. The molecule has 0 aliphatic heterocycles. The van der Waals surface area contributed by atoms with E-state index in [0.717, 1.165) is 28.4 Å². The molecule has 0 spiro atoms. The van der Waals surface area contributed by atoms with Gasteiger partial charge in [-0.25, -0.2) is 0 Å². The summed E-state index contributed by atoms with van der Waals surface area (Å²) in [5.41, 5.74) is 3.88. The highest BCUT2D eigenvalue weighted by Gasteiger charge is 2.03. The Morgan fingerprint density at radius 3 is 2.57 bits per heavy atom. The van der Waals surface area contributed by atoms with Crippen molar-refractivity contribution in [2.75, 3.05) is 5.32 Å². The minimum Gasteiger partial charge on any atom is -0.457 e. The number of pyridine rings is 1. The molecule has 0 unspecified atom stereocenters. The van der Waals surface area contributed by atoms with E-state index in [4.69, 9.17) is 4.74 Å². The molecular formula is C20H18N2O. The van der Waals surface area contributed by atoms with Crippen LogP contribution >= 0.6 is 0 Å². The summed E-state index contributed by atoms with van der Waals surface area (Å²) >= 11 is 0. The van der Waals surface area contributed by atoms with Gasteiger partial charge < -0.3 is 10.1 Å². The number of rotatable bonds is 5. The lowest BCUT2D eigenvalue weighted by atomic mass is 10.1. The van der Waals surface area contributed by atoms with Crippen LogP contribution < -0.4 is 10.1 Å². The van der Waals surface area contributed by atoms with Crippen molar-refractivity contribution in [1.82, 2.24) is 4.98 Å². The van der Waals surface area contributed by atoms with E-state index in [1.54, 1.807) is 12.4 Å². The van der Waals surface area contributed by atoms with E-state index in [9.17, 15) is 0 Å². The molecule has 3 aromatic rings. The van der Waals surface area contributed by atoms with E-state index in [0.29, 0.717) is 0 Å². The van der Waals surface area contributed by atoms with Crippen LogP contribution in [-0.2, 0) is 0 Å². The Labute approximate surface area is 136 Å². The first-order chi connectivity index (χ1) is 11.2. The number of hydrogen-bond acceptors (Lipinski definition) is 3. The molecule has 0 fully saturated rings. The molecule has 1 N–H and O–H groups in total. The minimum atomic E-state index is 0.778. The third kappa shape index (κ3) is 3.98. The molecule has 23 heavy (non-hydrogen) atoms. The summed E-state index contributed by atoms with van der Waals surface area (Å²) < 4.78 is 5.89. The van der Waals surface area contributed by atoms with Crippen molar-refractivity contribution < 1.29 is 4.74 Å². The summed E-state index contributed by atoms with van der Waals surface area (Å²) in [5.74, 6) is 1.60. The van der Waals surface area contributed by atoms with Crippen LogP contribution in [-0.4, -0.2) is 4.98 Å². The Morgan fingerprint density at radius 2 is 1.83 bits per heavy atom. The molecule has 3 nitrogen and oxygen atoms in total. The van der Waals surface area contributed by atoms with Gasteiger partial charge in [-0.2, -0.15) is 0 Å². The molecule has 0 aliphatic carbocycles. The molecule has 0 amide bonds. The highest BCUT2D eigenvalue weighted by molar-refractivity contribution is 5.75. The van der Waals surface area contributed by atoms with Crippen molar-refractivity contribution in [3.8, 4) is 11.5 Å². The zero-order valence-corrected chi connectivity index (χ0v) is 13.0.